The van der Waals surface area contributed by atoms with Gasteiger partial charge in [0.2, 0.25) is 10.0 Å². The van der Waals surface area contributed by atoms with Gasteiger partial charge in [-0.15, -0.1) is 0 Å². The van der Waals surface area contributed by atoms with Crippen molar-refractivity contribution in [1.82, 2.24) is 29.0 Å². The summed E-state index contributed by atoms with van der Waals surface area (Å²) in [6, 6.07) is 5.19. The number of aryl methyl sites for hydroxylation is 3. The molecule has 0 spiro atoms. The average molecular weight is 473 g/mol. The van der Waals surface area contributed by atoms with E-state index in [-0.39, 0.29) is 10.5 Å². The summed E-state index contributed by atoms with van der Waals surface area (Å²) in [6.45, 7) is 6.45. The van der Waals surface area contributed by atoms with E-state index in [0.717, 1.165) is 30.5 Å². The molecule has 0 amide bonds. The molecule has 3 aromatic rings. The summed E-state index contributed by atoms with van der Waals surface area (Å²) in [7, 11) is 0.0885. The number of benzene rings is 1. The molecular formula is C23H32N6O3S. The minimum atomic E-state index is -3.64. The number of nitrogens with one attached hydrogen (secondary N) is 1. The number of likely N-dealkylation sites (N-methyl/N-ethyl adjacent to an activating group) is 1. The molecule has 2 aromatic heterocycles. The summed E-state index contributed by atoms with van der Waals surface area (Å²) in [5.41, 5.74) is 3.12. The molecule has 0 aliphatic carbocycles. The standard InChI is InChI=1S/C23H32N6O3S/c1-5-7-16-9-10-17(33(31,32)29-13-11-27(3)12-14-29)15-18(16)22-24-20-19(8-6-2)26-28(4)21(20)23(30)25-22/h9-10,15H,5-8,11-14H2,1-4H3,(H,24,25,30). The third-order valence-electron chi connectivity index (χ3n) is 6.21. The van der Waals surface area contributed by atoms with Crippen molar-refractivity contribution in [3.8, 4) is 11.4 Å². The lowest BCUT2D eigenvalue weighted by molar-refractivity contribution is 0.222. The molecule has 1 fully saturated rings. The van der Waals surface area contributed by atoms with E-state index in [4.69, 9.17) is 4.98 Å². The second-order valence-electron chi connectivity index (χ2n) is 8.71. The van der Waals surface area contributed by atoms with E-state index in [1.165, 1.54) is 4.31 Å². The second kappa shape index (κ2) is 9.36. The molecule has 3 heterocycles. The monoisotopic (exact) mass is 472 g/mol. The maximum Gasteiger partial charge on any atom is 0.277 e. The van der Waals surface area contributed by atoms with Crippen LogP contribution in [0.5, 0.6) is 0 Å². The predicted molar refractivity (Wildman–Crippen MR) is 129 cm³/mol. The van der Waals surface area contributed by atoms with Crippen molar-refractivity contribution in [2.24, 2.45) is 7.05 Å². The van der Waals surface area contributed by atoms with Gasteiger partial charge < -0.3 is 9.88 Å². The highest BCUT2D eigenvalue weighted by Gasteiger charge is 2.28. The lowest BCUT2D eigenvalue weighted by Crippen LogP contribution is -2.47. The fourth-order valence-electron chi connectivity index (χ4n) is 4.38. The molecule has 0 unspecified atom stereocenters. The summed E-state index contributed by atoms with van der Waals surface area (Å²) in [6.07, 6.45) is 3.24. The molecule has 4 rings (SSSR count). The molecule has 33 heavy (non-hydrogen) atoms. The van der Waals surface area contributed by atoms with E-state index in [9.17, 15) is 13.2 Å². The maximum atomic E-state index is 13.4. The fourth-order valence-corrected chi connectivity index (χ4v) is 5.83. The van der Waals surface area contributed by atoms with Crippen LogP contribution in [-0.2, 0) is 29.9 Å². The Morgan fingerprint density at radius 2 is 1.73 bits per heavy atom. The first-order chi connectivity index (χ1) is 15.8. The van der Waals surface area contributed by atoms with Gasteiger partial charge in [-0.1, -0.05) is 32.8 Å². The maximum absolute atomic E-state index is 13.4. The lowest BCUT2D eigenvalue weighted by atomic mass is 10.0. The van der Waals surface area contributed by atoms with Crippen molar-refractivity contribution in [3.63, 3.8) is 0 Å². The second-order valence-corrected chi connectivity index (χ2v) is 10.6. The van der Waals surface area contributed by atoms with Crippen LogP contribution < -0.4 is 5.56 Å². The molecule has 0 saturated carbocycles. The number of hydrogen-bond donors (Lipinski definition) is 1. The van der Waals surface area contributed by atoms with Gasteiger partial charge in [0.05, 0.1) is 10.6 Å². The van der Waals surface area contributed by atoms with Crippen LogP contribution in [0, 0.1) is 0 Å². The van der Waals surface area contributed by atoms with Crippen LogP contribution in [0.1, 0.15) is 37.9 Å². The van der Waals surface area contributed by atoms with Crippen molar-refractivity contribution >= 4 is 21.1 Å². The largest absolute Gasteiger partial charge is 0.305 e. The first kappa shape index (κ1) is 23.6. The molecule has 1 N–H and O–H groups in total. The first-order valence-electron chi connectivity index (χ1n) is 11.5. The Morgan fingerprint density at radius 1 is 1.03 bits per heavy atom. The molecule has 9 nitrogen and oxygen atoms in total. The average Bonchev–Trinajstić information content (AvgIpc) is 3.10. The number of aromatic amines is 1. The van der Waals surface area contributed by atoms with Gasteiger partial charge in [-0.05, 0) is 37.6 Å². The minimum absolute atomic E-state index is 0.227. The van der Waals surface area contributed by atoms with Crippen LogP contribution in [0.3, 0.4) is 0 Å². The van der Waals surface area contributed by atoms with Crippen LogP contribution in [-0.4, -0.2) is 70.6 Å². The van der Waals surface area contributed by atoms with Crippen molar-refractivity contribution in [3.05, 3.63) is 39.8 Å². The summed E-state index contributed by atoms with van der Waals surface area (Å²) in [4.78, 5) is 23.0. The zero-order valence-corrected chi connectivity index (χ0v) is 20.6. The van der Waals surface area contributed by atoms with Crippen LogP contribution in [0.25, 0.3) is 22.4 Å². The van der Waals surface area contributed by atoms with E-state index in [1.54, 1.807) is 23.9 Å². The van der Waals surface area contributed by atoms with E-state index in [2.05, 4.69) is 28.8 Å². The number of fused-ring (bicyclic) bond motifs is 1. The van der Waals surface area contributed by atoms with Crippen LogP contribution >= 0.6 is 0 Å². The summed E-state index contributed by atoms with van der Waals surface area (Å²) >= 11 is 0. The van der Waals surface area contributed by atoms with Gasteiger partial charge in [0.25, 0.3) is 5.56 Å². The topological polar surface area (TPSA) is 104 Å². The zero-order chi connectivity index (χ0) is 23.8. The van der Waals surface area contributed by atoms with Gasteiger partial charge in [-0.3, -0.25) is 9.48 Å². The molecule has 1 aliphatic heterocycles. The first-order valence-corrected chi connectivity index (χ1v) is 13.0. The van der Waals surface area contributed by atoms with Gasteiger partial charge in [0, 0.05) is 38.8 Å². The van der Waals surface area contributed by atoms with Gasteiger partial charge in [0.1, 0.15) is 11.3 Å². The third kappa shape index (κ3) is 4.47. The molecule has 1 aliphatic rings. The Labute approximate surface area is 194 Å². The predicted octanol–water partition coefficient (Wildman–Crippen LogP) is 2.16. The smallest absolute Gasteiger partial charge is 0.277 e. The van der Waals surface area contributed by atoms with E-state index in [0.29, 0.717) is 55.0 Å². The summed E-state index contributed by atoms with van der Waals surface area (Å²) in [5, 5.41) is 4.49. The van der Waals surface area contributed by atoms with E-state index >= 15 is 0 Å². The van der Waals surface area contributed by atoms with E-state index in [1.807, 2.05) is 13.1 Å². The highest BCUT2D eigenvalue weighted by atomic mass is 32.2. The van der Waals surface area contributed by atoms with Gasteiger partial charge in [0.15, 0.2) is 5.52 Å². The number of piperazine rings is 1. The Hall–Kier alpha value is -2.56. The SMILES string of the molecule is CCCc1ccc(S(=O)(=O)N2CCN(C)CC2)cc1-c1nc2c(CCC)nn(C)c2c(=O)[nH]1. The third-order valence-corrected chi connectivity index (χ3v) is 8.10. The molecule has 1 saturated heterocycles. The molecule has 10 heteroatoms. The zero-order valence-electron chi connectivity index (χ0n) is 19.8. The Bertz CT molecular complexity index is 1320. The van der Waals surface area contributed by atoms with Crippen molar-refractivity contribution in [1.29, 1.82) is 0 Å². The summed E-state index contributed by atoms with van der Waals surface area (Å²) < 4.78 is 29.8. The van der Waals surface area contributed by atoms with Crippen LogP contribution in [0.15, 0.2) is 27.9 Å². The normalized spacial score (nSPS) is 16.0. The fraction of sp³-hybridized carbons (Fsp3) is 0.522. The van der Waals surface area contributed by atoms with E-state index < -0.39 is 10.0 Å². The number of H-pyrrole nitrogens is 1. The number of nitrogens with zero attached hydrogens (tertiary/aromatic N) is 5. The number of sulfonamides is 1. The number of hydrogen-bond acceptors (Lipinski definition) is 6. The highest BCUT2D eigenvalue weighted by Crippen LogP contribution is 2.28. The summed E-state index contributed by atoms with van der Waals surface area (Å²) in [5.74, 6) is 0.386. The molecule has 178 valence electrons. The number of rotatable bonds is 7. The molecule has 0 bridgehead atoms. The van der Waals surface area contributed by atoms with Crippen molar-refractivity contribution in [2.75, 3.05) is 33.2 Å². The highest BCUT2D eigenvalue weighted by molar-refractivity contribution is 7.89. The van der Waals surface area contributed by atoms with Gasteiger partial charge in [-0.2, -0.15) is 9.40 Å². The van der Waals surface area contributed by atoms with Crippen LogP contribution in [0.2, 0.25) is 0 Å². The Morgan fingerprint density at radius 3 is 2.39 bits per heavy atom. The van der Waals surface area contributed by atoms with Gasteiger partial charge >= 0.3 is 0 Å². The molecule has 1 aromatic carbocycles. The van der Waals surface area contributed by atoms with Crippen molar-refractivity contribution in [2.45, 2.75) is 44.4 Å². The van der Waals surface area contributed by atoms with Crippen molar-refractivity contribution < 1.29 is 8.42 Å². The Kier molecular flexibility index (Phi) is 6.69. The minimum Gasteiger partial charge on any atom is -0.305 e. The quantitative estimate of drug-likeness (QED) is 0.565. The number of aromatic nitrogens is 4. The molecule has 0 radical (unpaired) electrons. The molecule has 0 atom stereocenters. The molecular weight excluding hydrogens is 440 g/mol. The van der Waals surface area contributed by atoms with Crippen LogP contribution in [0.4, 0.5) is 0 Å². The van der Waals surface area contributed by atoms with Gasteiger partial charge in [-0.25, -0.2) is 13.4 Å². The lowest BCUT2D eigenvalue weighted by Gasteiger charge is -2.31. The Balaban J connectivity index is 1.85.